The Morgan fingerprint density at radius 3 is 2.89 bits per heavy atom. The Hall–Kier alpha value is -2.45. The third kappa shape index (κ3) is 4.64. The first-order chi connectivity index (χ1) is 13.0. The maximum absolute atomic E-state index is 13.7. The third-order valence-electron chi connectivity index (χ3n) is 3.79. The Morgan fingerprint density at radius 1 is 1.30 bits per heavy atom. The lowest BCUT2D eigenvalue weighted by atomic mass is 10.1. The van der Waals surface area contributed by atoms with E-state index < -0.39 is 11.8 Å². The minimum Gasteiger partial charge on any atom is -0.460 e. The largest absolute Gasteiger partial charge is 0.460 e. The van der Waals surface area contributed by atoms with E-state index in [4.69, 9.17) is 16.3 Å². The predicted octanol–water partition coefficient (Wildman–Crippen LogP) is 3.91. The summed E-state index contributed by atoms with van der Waals surface area (Å²) in [5.41, 5.74) is 3.07. The average molecular weight is 407 g/mol. The van der Waals surface area contributed by atoms with Gasteiger partial charge in [-0.1, -0.05) is 41.6 Å². The molecule has 140 valence electrons. The summed E-state index contributed by atoms with van der Waals surface area (Å²) in [6.45, 7) is 3.70. The van der Waals surface area contributed by atoms with E-state index in [0.29, 0.717) is 5.16 Å². The Kier molecular flexibility index (Phi) is 6.08. The third-order valence-corrected chi connectivity index (χ3v) is 5.04. The highest BCUT2D eigenvalue weighted by Gasteiger charge is 2.15. The predicted molar refractivity (Wildman–Crippen MR) is 101 cm³/mol. The van der Waals surface area contributed by atoms with E-state index in [1.165, 1.54) is 12.1 Å². The fourth-order valence-corrected chi connectivity index (χ4v) is 3.25. The first-order valence-corrected chi connectivity index (χ1v) is 9.39. The fourth-order valence-electron chi connectivity index (χ4n) is 2.36. The molecule has 0 radical (unpaired) electrons. The molecule has 0 saturated carbocycles. The molecule has 2 aromatic carbocycles. The normalized spacial score (nSPS) is 10.8. The molecule has 0 bridgehead atoms. The van der Waals surface area contributed by atoms with Crippen LogP contribution in [0.3, 0.4) is 0 Å². The fraction of sp³-hybridized carbons (Fsp3) is 0.222. The molecule has 0 aliphatic carbocycles. The van der Waals surface area contributed by atoms with Gasteiger partial charge in [0.25, 0.3) is 0 Å². The standard InChI is InChI=1S/C18H16ClFN4O2S/c1-11-6-7-12(2)16(8-11)24-18(21-22-23-24)27-10-17(25)26-9-13-14(19)4-3-5-15(13)20/h3-8H,9-10H2,1-2H3. The van der Waals surface area contributed by atoms with Crippen molar-refractivity contribution in [2.24, 2.45) is 0 Å². The monoisotopic (exact) mass is 406 g/mol. The molecule has 0 saturated heterocycles. The summed E-state index contributed by atoms with van der Waals surface area (Å²) in [6.07, 6.45) is 0. The van der Waals surface area contributed by atoms with Gasteiger partial charge in [0.05, 0.1) is 16.5 Å². The Labute approximate surface area is 164 Å². The molecule has 0 aliphatic rings. The van der Waals surface area contributed by atoms with Crippen molar-refractivity contribution in [1.82, 2.24) is 20.2 Å². The second-order valence-electron chi connectivity index (χ2n) is 5.81. The number of hydrogen-bond acceptors (Lipinski definition) is 6. The maximum atomic E-state index is 13.7. The Balaban J connectivity index is 1.63. The van der Waals surface area contributed by atoms with Crippen LogP contribution >= 0.6 is 23.4 Å². The van der Waals surface area contributed by atoms with Gasteiger partial charge in [-0.05, 0) is 53.6 Å². The lowest BCUT2D eigenvalue weighted by Crippen LogP contribution is -2.10. The van der Waals surface area contributed by atoms with Gasteiger partial charge in [0.15, 0.2) is 0 Å². The lowest BCUT2D eigenvalue weighted by Gasteiger charge is -2.09. The van der Waals surface area contributed by atoms with E-state index in [-0.39, 0.29) is 22.9 Å². The minimum absolute atomic E-state index is 0.0166. The highest BCUT2D eigenvalue weighted by molar-refractivity contribution is 7.99. The molecule has 0 spiro atoms. The number of ether oxygens (including phenoxy) is 1. The molecular weight excluding hydrogens is 391 g/mol. The van der Waals surface area contributed by atoms with Crippen LogP contribution < -0.4 is 0 Å². The number of carbonyl (C=O) groups is 1. The first kappa shape index (κ1) is 19.3. The average Bonchev–Trinajstić information content (AvgIpc) is 3.10. The molecule has 6 nitrogen and oxygen atoms in total. The first-order valence-electron chi connectivity index (χ1n) is 8.03. The summed E-state index contributed by atoms with van der Waals surface area (Å²) in [5.74, 6) is -1.05. The zero-order valence-corrected chi connectivity index (χ0v) is 16.2. The number of rotatable bonds is 6. The smallest absolute Gasteiger partial charge is 0.316 e. The van der Waals surface area contributed by atoms with Crippen molar-refractivity contribution in [3.63, 3.8) is 0 Å². The number of thioether (sulfide) groups is 1. The number of esters is 1. The van der Waals surface area contributed by atoms with Gasteiger partial charge >= 0.3 is 5.97 Å². The topological polar surface area (TPSA) is 69.9 Å². The van der Waals surface area contributed by atoms with Crippen molar-refractivity contribution >= 4 is 29.3 Å². The molecule has 0 amide bonds. The summed E-state index contributed by atoms with van der Waals surface area (Å²) in [4.78, 5) is 12.0. The van der Waals surface area contributed by atoms with Crippen LogP contribution in [0.2, 0.25) is 5.02 Å². The molecule has 1 heterocycles. The Morgan fingerprint density at radius 2 is 2.11 bits per heavy atom. The van der Waals surface area contributed by atoms with E-state index in [0.717, 1.165) is 28.6 Å². The van der Waals surface area contributed by atoms with Gasteiger partial charge in [0.1, 0.15) is 12.4 Å². The summed E-state index contributed by atoms with van der Waals surface area (Å²) < 4.78 is 20.4. The lowest BCUT2D eigenvalue weighted by molar-refractivity contribution is -0.141. The molecule has 3 aromatic rings. The number of hydrogen-bond donors (Lipinski definition) is 0. The van der Waals surface area contributed by atoms with Crippen LogP contribution in [0.4, 0.5) is 4.39 Å². The molecule has 0 atom stereocenters. The van der Waals surface area contributed by atoms with Gasteiger partial charge in [-0.25, -0.2) is 4.39 Å². The molecule has 0 fully saturated rings. The van der Waals surface area contributed by atoms with Crippen LogP contribution in [0, 0.1) is 19.7 Å². The maximum Gasteiger partial charge on any atom is 0.316 e. The molecule has 9 heteroatoms. The van der Waals surface area contributed by atoms with E-state index in [1.54, 1.807) is 10.7 Å². The molecule has 0 aliphatic heterocycles. The molecule has 3 rings (SSSR count). The zero-order chi connectivity index (χ0) is 19.4. The molecule has 1 aromatic heterocycles. The van der Waals surface area contributed by atoms with Crippen molar-refractivity contribution in [3.05, 3.63) is 63.9 Å². The van der Waals surface area contributed by atoms with Crippen molar-refractivity contribution in [2.75, 3.05) is 5.75 Å². The molecule has 0 unspecified atom stereocenters. The number of carbonyl (C=O) groups excluding carboxylic acids is 1. The number of nitrogens with zero attached hydrogens (tertiary/aromatic N) is 4. The summed E-state index contributed by atoms with van der Waals surface area (Å²) in [5, 5.41) is 12.3. The quantitative estimate of drug-likeness (QED) is 0.456. The van der Waals surface area contributed by atoms with Crippen LogP contribution in [0.15, 0.2) is 41.6 Å². The van der Waals surface area contributed by atoms with Crippen molar-refractivity contribution in [3.8, 4) is 5.69 Å². The van der Waals surface area contributed by atoms with E-state index in [9.17, 15) is 9.18 Å². The summed E-state index contributed by atoms with van der Waals surface area (Å²) in [7, 11) is 0. The highest BCUT2D eigenvalue weighted by Crippen LogP contribution is 2.23. The Bertz CT molecular complexity index is 959. The van der Waals surface area contributed by atoms with Crippen LogP contribution in [-0.4, -0.2) is 31.9 Å². The van der Waals surface area contributed by atoms with Crippen LogP contribution in [0.1, 0.15) is 16.7 Å². The van der Waals surface area contributed by atoms with Crippen molar-refractivity contribution in [2.45, 2.75) is 25.6 Å². The van der Waals surface area contributed by atoms with Crippen molar-refractivity contribution in [1.29, 1.82) is 0 Å². The van der Waals surface area contributed by atoms with E-state index in [2.05, 4.69) is 15.5 Å². The number of aromatic nitrogens is 4. The van der Waals surface area contributed by atoms with Crippen LogP contribution in [0.25, 0.3) is 5.69 Å². The summed E-state index contributed by atoms with van der Waals surface area (Å²) >= 11 is 7.06. The van der Waals surface area contributed by atoms with E-state index in [1.807, 2.05) is 32.0 Å². The van der Waals surface area contributed by atoms with Crippen LogP contribution in [0.5, 0.6) is 0 Å². The molecule has 0 N–H and O–H groups in total. The van der Waals surface area contributed by atoms with E-state index >= 15 is 0 Å². The van der Waals surface area contributed by atoms with Gasteiger partial charge in [0, 0.05) is 5.56 Å². The number of tetrazole rings is 1. The van der Waals surface area contributed by atoms with Gasteiger partial charge in [-0.2, -0.15) is 4.68 Å². The second kappa shape index (κ2) is 8.49. The SMILES string of the molecule is Cc1ccc(C)c(-n2nnnc2SCC(=O)OCc2c(F)cccc2Cl)c1. The van der Waals surface area contributed by atoms with Gasteiger partial charge in [-0.15, -0.1) is 5.10 Å². The zero-order valence-electron chi connectivity index (χ0n) is 14.6. The van der Waals surface area contributed by atoms with Crippen molar-refractivity contribution < 1.29 is 13.9 Å². The molecular formula is C18H16ClFN4O2S. The van der Waals surface area contributed by atoms with Gasteiger partial charge < -0.3 is 4.74 Å². The summed E-state index contributed by atoms with van der Waals surface area (Å²) in [6, 6.07) is 10.2. The second-order valence-corrected chi connectivity index (χ2v) is 7.16. The number of halogens is 2. The van der Waals surface area contributed by atoms with Gasteiger partial charge in [-0.3, -0.25) is 4.79 Å². The van der Waals surface area contributed by atoms with Gasteiger partial charge in [0.2, 0.25) is 5.16 Å². The minimum atomic E-state index is -0.519. The highest BCUT2D eigenvalue weighted by atomic mass is 35.5. The number of aryl methyl sites for hydroxylation is 2. The van der Waals surface area contributed by atoms with Crippen LogP contribution in [-0.2, 0) is 16.1 Å². The molecule has 27 heavy (non-hydrogen) atoms. The number of benzene rings is 2.